The molecule has 0 N–H and O–H groups in total. The normalized spacial score (nSPS) is 18.9. The molecule has 2 heterocycles. The van der Waals surface area contributed by atoms with Crippen LogP contribution in [-0.2, 0) is 0 Å². The van der Waals surface area contributed by atoms with Gasteiger partial charge in [0.1, 0.15) is 5.82 Å². The van der Waals surface area contributed by atoms with Crippen LogP contribution in [0.1, 0.15) is 23.6 Å². The van der Waals surface area contributed by atoms with Crippen molar-refractivity contribution in [2.24, 2.45) is 0 Å². The van der Waals surface area contributed by atoms with Crippen LogP contribution < -0.4 is 0 Å². The molecule has 0 aromatic carbocycles. The fraction of sp³-hybridized carbons (Fsp3) is 0.600. The summed E-state index contributed by atoms with van der Waals surface area (Å²) in [7, 11) is 2.03. The zero-order valence-corrected chi connectivity index (χ0v) is 9.80. The minimum Gasteiger partial charge on any atom is -0.306 e. The van der Waals surface area contributed by atoms with Crippen LogP contribution in [0.2, 0.25) is 0 Å². The Labute approximate surface area is 96.8 Å². The van der Waals surface area contributed by atoms with E-state index in [-0.39, 0.29) is 10.9 Å². The van der Waals surface area contributed by atoms with E-state index in [2.05, 4.69) is 4.90 Å². The van der Waals surface area contributed by atoms with Crippen LogP contribution in [0.5, 0.6) is 0 Å². The fourth-order valence-corrected chi connectivity index (χ4v) is 3.03. The Morgan fingerprint density at radius 3 is 2.69 bits per heavy atom. The van der Waals surface area contributed by atoms with Gasteiger partial charge in [0.2, 0.25) is 0 Å². The Balaban J connectivity index is 2.17. The molecule has 1 aliphatic rings. The molecule has 1 aliphatic heterocycles. The van der Waals surface area contributed by atoms with Gasteiger partial charge in [-0.1, -0.05) is 11.3 Å². The lowest BCUT2D eigenvalue weighted by Gasteiger charge is -2.28. The van der Waals surface area contributed by atoms with Gasteiger partial charge in [-0.25, -0.2) is 4.39 Å². The smallest absolute Gasteiger partial charge is 0.306 e. The summed E-state index contributed by atoms with van der Waals surface area (Å²) in [5, 5.41) is 10.5. The van der Waals surface area contributed by atoms with E-state index in [1.54, 1.807) is 0 Å². The highest BCUT2D eigenvalue weighted by Gasteiger charge is 2.26. The number of rotatable bonds is 2. The standard InChI is InChI=1S/C10H13FN2O2S/c1-12-4-2-7(3-5-12)10-8(11)6-9(16-10)13(14)15/h6-7H,2-5H2,1H3. The predicted molar refractivity (Wildman–Crippen MR) is 60.4 cm³/mol. The maximum Gasteiger partial charge on any atom is 0.327 e. The summed E-state index contributed by atoms with van der Waals surface area (Å²) >= 11 is 0.983. The van der Waals surface area contributed by atoms with Crippen molar-refractivity contribution in [2.45, 2.75) is 18.8 Å². The van der Waals surface area contributed by atoms with Gasteiger partial charge in [-0.15, -0.1) is 0 Å². The molecule has 1 aromatic heterocycles. The minimum absolute atomic E-state index is 0.0913. The summed E-state index contributed by atoms with van der Waals surface area (Å²) < 4.78 is 13.5. The van der Waals surface area contributed by atoms with Crippen LogP contribution in [0, 0.1) is 15.9 Å². The average molecular weight is 244 g/mol. The van der Waals surface area contributed by atoms with Crippen LogP contribution in [0.3, 0.4) is 0 Å². The SMILES string of the molecule is CN1CCC(c2sc([N+](=O)[O-])cc2F)CC1. The number of hydrogen-bond donors (Lipinski definition) is 0. The van der Waals surface area contributed by atoms with Crippen LogP contribution in [-0.4, -0.2) is 30.0 Å². The lowest BCUT2D eigenvalue weighted by Crippen LogP contribution is -2.29. The van der Waals surface area contributed by atoms with Gasteiger partial charge in [-0.2, -0.15) is 0 Å². The van der Waals surface area contributed by atoms with Crippen molar-refractivity contribution in [3.8, 4) is 0 Å². The predicted octanol–water partition coefficient (Wildman–Crippen LogP) is 2.60. The summed E-state index contributed by atoms with van der Waals surface area (Å²) in [5.74, 6) is -0.263. The maximum absolute atomic E-state index is 13.5. The zero-order valence-electron chi connectivity index (χ0n) is 8.98. The Morgan fingerprint density at radius 1 is 1.56 bits per heavy atom. The van der Waals surface area contributed by atoms with Crippen molar-refractivity contribution < 1.29 is 9.31 Å². The van der Waals surface area contributed by atoms with E-state index < -0.39 is 10.7 Å². The molecule has 2 rings (SSSR count). The molecule has 0 atom stereocenters. The third-order valence-corrected chi connectivity index (χ3v) is 4.19. The molecular weight excluding hydrogens is 231 g/mol. The summed E-state index contributed by atoms with van der Waals surface area (Å²) in [6.45, 7) is 1.85. The Kier molecular flexibility index (Phi) is 3.20. The summed E-state index contributed by atoms with van der Waals surface area (Å²) in [6, 6.07) is 1.04. The molecule has 6 heteroatoms. The molecule has 0 radical (unpaired) electrons. The number of halogens is 1. The van der Waals surface area contributed by atoms with E-state index in [0.29, 0.717) is 4.88 Å². The van der Waals surface area contributed by atoms with Gasteiger partial charge in [0.15, 0.2) is 0 Å². The lowest BCUT2D eigenvalue weighted by atomic mass is 9.95. The zero-order chi connectivity index (χ0) is 11.7. The topological polar surface area (TPSA) is 46.4 Å². The first kappa shape index (κ1) is 11.5. The largest absolute Gasteiger partial charge is 0.327 e. The summed E-state index contributed by atoms with van der Waals surface area (Å²) in [5.41, 5.74) is 0. The molecule has 0 aliphatic carbocycles. The van der Waals surface area contributed by atoms with Gasteiger partial charge in [0.05, 0.1) is 15.9 Å². The average Bonchev–Trinajstić information content (AvgIpc) is 2.62. The van der Waals surface area contributed by atoms with Crippen molar-refractivity contribution >= 4 is 16.3 Å². The highest BCUT2D eigenvalue weighted by Crippen LogP contribution is 2.37. The van der Waals surface area contributed by atoms with E-state index in [9.17, 15) is 14.5 Å². The van der Waals surface area contributed by atoms with E-state index >= 15 is 0 Å². The van der Waals surface area contributed by atoms with Gasteiger partial charge in [0.25, 0.3) is 0 Å². The minimum atomic E-state index is -0.522. The maximum atomic E-state index is 13.5. The van der Waals surface area contributed by atoms with Crippen LogP contribution in [0.15, 0.2) is 6.07 Å². The molecule has 1 saturated heterocycles. The number of thiophene rings is 1. The molecule has 1 aromatic rings. The van der Waals surface area contributed by atoms with Gasteiger partial charge in [-0.3, -0.25) is 10.1 Å². The second-order valence-electron chi connectivity index (χ2n) is 4.13. The highest BCUT2D eigenvalue weighted by molar-refractivity contribution is 7.15. The molecule has 1 fully saturated rings. The van der Waals surface area contributed by atoms with Crippen molar-refractivity contribution in [3.63, 3.8) is 0 Å². The number of piperidine rings is 1. The van der Waals surface area contributed by atoms with Gasteiger partial charge in [-0.05, 0) is 38.9 Å². The summed E-state index contributed by atoms with van der Waals surface area (Å²) in [6.07, 6.45) is 1.76. The second-order valence-corrected chi connectivity index (χ2v) is 5.19. The fourth-order valence-electron chi connectivity index (χ4n) is 2.01. The molecule has 0 unspecified atom stereocenters. The third kappa shape index (κ3) is 2.22. The Hall–Kier alpha value is -1.01. The monoisotopic (exact) mass is 244 g/mol. The quantitative estimate of drug-likeness (QED) is 0.593. The Morgan fingerprint density at radius 2 is 2.19 bits per heavy atom. The van der Waals surface area contributed by atoms with E-state index in [1.807, 2.05) is 7.05 Å². The van der Waals surface area contributed by atoms with Crippen molar-refractivity contribution in [3.05, 3.63) is 26.9 Å². The van der Waals surface area contributed by atoms with Gasteiger partial charge < -0.3 is 4.90 Å². The molecule has 16 heavy (non-hydrogen) atoms. The van der Waals surface area contributed by atoms with Gasteiger partial charge in [0, 0.05) is 0 Å². The van der Waals surface area contributed by atoms with Crippen molar-refractivity contribution in [1.82, 2.24) is 4.90 Å². The first-order chi connectivity index (χ1) is 7.58. The van der Waals surface area contributed by atoms with Crippen molar-refractivity contribution in [1.29, 1.82) is 0 Å². The molecule has 88 valence electrons. The van der Waals surface area contributed by atoms with Crippen LogP contribution in [0.4, 0.5) is 9.39 Å². The van der Waals surface area contributed by atoms with Crippen LogP contribution >= 0.6 is 11.3 Å². The lowest BCUT2D eigenvalue weighted by molar-refractivity contribution is -0.380. The second kappa shape index (κ2) is 4.47. The molecule has 0 saturated carbocycles. The first-order valence-electron chi connectivity index (χ1n) is 5.20. The van der Waals surface area contributed by atoms with Gasteiger partial charge >= 0.3 is 5.00 Å². The van der Waals surface area contributed by atoms with E-state index in [4.69, 9.17) is 0 Å². The number of nitrogens with zero attached hydrogens (tertiary/aromatic N) is 2. The Bertz CT molecular complexity index is 400. The summed E-state index contributed by atoms with van der Waals surface area (Å²) in [4.78, 5) is 12.8. The first-order valence-corrected chi connectivity index (χ1v) is 6.01. The number of hydrogen-bond acceptors (Lipinski definition) is 4. The third-order valence-electron chi connectivity index (χ3n) is 2.97. The highest BCUT2D eigenvalue weighted by atomic mass is 32.1. The molecule has 0 amide bonds. The number of likely N-dealkylation sites (tertiary alicyclic amines) is 1. The van der Waals surface area contributed by atoms with Crippen molar-refractivity contribution in [2.75, 3.05) is 20.1 Å². The van der Waals surface area contributed by atoms with E-state index in [0.717, 1.165) is 43.3 Å². The number of nitro groups is 1. The molecule has 0 spiro atoms. The van der Waals surface area contributed by atoms with E-state index in [1.165, 1.54) is 0 Å². The molecular formula is C10H13FN2O2S. The molecule has 0 bridgehead atoms. The van der Waals surface area contributed by atoms with Crippen LogP contribution in [0.25, 0.3) is 0 Å². The molecule has 4 nitrogen and oxygen atoms in total.